The van der Waals surface area contributed by atoms with Crippen molar-refractivity contribution in [3.63, 3.8) is 0 Å². The molecule has 0 aromatic heterocycles. The van der Waals surface area contributed by atoms with Gasteiger partial charge in [-0.3, -0.25) is 4.79 Å². The second-order valence-electron chi connectivity index (χ2n) is 4.34. The zero-order chi connectivity index (χ0) is 14.5. The lowest BCUT2D eigenvalue weighted by molar-refractivity contribution is -0.145. The van der Waals surface area contributed by atoms with Crippen LogP contribution in [0.15, 0.2) is 24.3 Å². The molecule has 19 heavy (non-hydrogen) atoms. The molecule has 1 aromatic carbocycles. The highest BCUT2D eigenvalue weighted by molar-refractivity contribution is 5.70. The first kappa shape index (κ1) is 15.5. The van der Waals surface area contributed by atoms with Crippen LogP contribution in [0.3, 0.4) is 0 Å². The van der Waals surface area contributed by atoms with Gasteiger partial charge in [-0.1, -0.05) is 18.2 Å². The lowest BCUT2D eigenvalue weighted by Crippen LogP contribution is -2.18. The molecule has 1 N–H and O–H groups in total. The summed E-state index contributed by atoms with van der Waals surface area (Å²) in [5, 5.41) is 8.95. The smallest absolute Gasteiger partial charge is 0.389 e. The highest BCUT2D eigenvalue weighted by Gasteiger charge is 2.28. The first-order valence-electron chi connectivity index (χ1n) is 5.82. The molecule has 0 saturated carbocycles. The lowest BCUT2D eigenvalue weighted by Gasteiger charge is -2.13. The number of alkyl halides is 3. The van der Waals surface area contributed by atoms with Gasteiger partial charge in [0.2, 0.25) is 0 Å². The van der Waals surface area contributed by atoms with E-state index in [0.29, 0.717) is 0 Å². The maximum Gasteiger partial charge on any atom is 0.389 e. The molecule has 6 heteroatoms. The van der Waals surface area contributed by atoms with E-state index in [1.54, 1.807) is 6.07 Å². The van der Waals surface area contributed by atoms with E-state index in [1.807, 2.05) is 0 Å². The molecule has 1 unspecified atom stereocenters. The number of carboxylic acid groups (broad SMARTS) is 1. The highest BCUT2D eigenvalue weighted by Crippen LogP contribution is 2.25. The predicted octanol–water partition coefficient (Wildman–Crippen LogP) is 3.80. The molecule has 0 heterocycles. The Morgan fingerprint density at radius 1 is 1.26 bits per heavy atom. The average Bonchev–Trinajstić information content (AvgIpc) is 2.28. The van der Waals surface area contributed by atoms with Crippen LogP contribution in [-0.4, -0.2) is 17.3 Å². The van der Waals surface area contributed by atoms with Gasteiger partial charge in [-0.2, -0.15) is 13.2 Å². The normalized spacial score (nSPS) is 13.3. The molecular formula is C13H14F4O2. The van der Waals surface area contributed by atoms with E-state index in [1.165, 1.54) is 18.2 Å². The van der Waals surface area contributed by atoms with Gasteiger partial charge in [0.25, 0.3) is 0 Å². The monoisotopic (exact) mass is 278 g/mol. The molecule has 0 amide bonds. The second-order valence-corrected chi connectivity index (χ2v) is 4.34. The Morgan fingerprint density at radius 3 is 2.42 bits per heavy atom. The third kappa shape index (κ3) is 5.72. The maximum atomic E-state index is 13.4. The number of hydrogen-bond donors (Lipinski definition) is 1. The summed E-state index contributed by atoms with van der Waals surface area (Å²) in [6.07, 6.45) is -5.80. The molecule has 0 saturated heterocycles. The Bertz CT molecular complexity index is 429. The van der Waals surface area contributed by atoms with E-state index in [4.69, 9.17) is 5.11 Å². The van der Waals surface area contributed by atoms with E-state index >= 15 is 0 Å². The molecule has 0 spiro atoms. The van der Waals surface area contributed by atoms with Crippen molar-refractivity contribution in [2.45, 2.75) is 31.9 Å². The van der Waals surface area contributed by atoms with Crippen LogP contribution in [0.1, 0.15) is 24.8 Å². The number of benzene rings is 1. The third-order valence-corrected chi connectivity index (χ3v) is 2.79. The lowest BCUT2D eigenvalue weighted by atomic mass is 9.94. The van der Waals surface area contributed by atoms with E-state index in [-0.39, 0.29) is 24.8 Å². The molecule has 1 atom stereocenters. The Hall–Kier alpha value is -1.59. The summed E-state index contributed by atoms with van der Waals surface area (Å²) in [7, 11) is 0. The molecule has 0 fully saturated rings. The Kier molecular flexibility index (Phi) is 5.32. The van der Waals surface area contributed by atoms with Gasteiger partial charge < -0.3 is 5.11 Å². The van der Waals surface area contributed by atoms with Crippen LogP contribution in [0.5, 0.6) is 0 Å². The van der Waals surface area contributed by atoms with Crippen molar-refractivity contribution in [2.75, 3.05) is 0 Å². The summed E-state index contributed by atoms with van der Waals surface area (Å²) in [6, 6.07) is 5.67. The van der Waals surface area contributed by atoms with Crippen molar-refractivity contribution >= 4 is 5.97 Å². The van der Waals surface area contributed by atoms with E-state index < -0.39 is 30.3 Å². The highest BCUT2D eigenvalue weighted by atomic mass is 19.4. The van der Waals surface area contributed by atoms with Crippen molar-refractivity contribution < 1.29 is 27.5 Å². The van der Waals surface area contributed by atoms with E-state index in [2.05, 4.69) is 0 Å². The van der Waals surface area contributed by atoms with Crippen molar-refractivity contribution in [2.24, 2.45) is 5.92 Å². The van der Waals surface area contributed by atoms with Crippen LogP contribution in [0.4, 0.5) is 17.6 Å². The molecule has 106 valence electrons. The Balaban J connectivity index is 2.59. The van der Waals surface area contributed by atoms with Crippen LogP contribution >= 0.6 is 0 Å². The first-order chi connectivity index (χ1) is 8.79. The van der Waals surface area contributed by atoms with Gasteiger partial charge in [0.15, 0.2) is 0 Å². The summed E-state index contributed by atoms with van der Waals surface area (Å²) < 4.78 is 49.3. The zero-order valence-corrected chi connectivity index (χ0v) is 10.1. The zero-order valence-electron chi connectivity index (χ0n) is 10.1. The minimum absolute atomic E-state index is 0.0974. The van der Waals surface area contributed by atoms with Gasteiger partial charge in [-0.15, -0.1) is 0 Å². The summed E-state index contributed by atoms with van der Waals surface area (Å²) in [6.45, 7) is 0. The number of hydrogen-bond acceptors (Lipinski definition) is 1. The number of aliphatic carboxylic acids is 1. The standard InChI is InChI=1S/C13H14F4O2/c14-11-6-2-1-4-9(11)8-10(12(18)19)5-3-7-13(15,16)17/h1-2,4,6,10H,3,5,7-8H2,(H,18,19). The van der Waals surface area contributed by atoms with E-state index in [9.17, 15) is 22.4 Å². The van der Waals surface area contributed by atoms with Crippen molar-refractivity contribution in [1.29, 1.82) is 0 Å². The van der Waals surface area contributed by atoms with Crippen LogP contribution in [0.2, 0.25) is 0 Å². The van der Waals surface area contributed by atoms with E-state index in [0.717, 1.165) is 0 Å². The number of carbonyl (C=O) groups is 1. The minimum Gasteiger partial charge on any atom is -0.481 e. The van der Waals surface area contributed by atoms with Crippen molar-refractivity contribution in [3.05, 3.63) is 35.6 Å². The number of rotatable bonds is 6. The fourth-order valence-electron chi connectivity index (χ4n) is 1.79. The molecule has 0 bridgehead atoms. The van der Waals surface area contributed by atoms with Gasteiger partial charge in [-0.05, 0) is 30.9 Å². The maximum absolute atomic E-state index is 13.4. The minimum atomic E-state index is -4.29. The summed E-state index contributed by atoms with van der Waals surface area (Å²) in [4.78, 5) is 11.0. The summed E-state index contributed by atoms with van der Waals surface area (Å²) >= 11 is 0. The molecule has 1 rings (SSSR count). The van der Waals surface area contributed by atoms with Crippen LogP contribution in [0.25, 0.3) is 0 Å². The summed E-state index contributed by atoms with van der Waals surface area (Å²) in [5.41, 5.74) is 0.210. The van der Waals surface area contributed by atoms with Gasteiger partial charge in [0.1, 0.15) is 5.82 Å². The summed E-state index contributed by atoms with van der Waals surface area (Å²) in [5.74, 6) is -2.74. The van der Waals surface area contributed by atoms with Gasteiger partial charge in [-0.25, -0.2) is 4.39 Å². The molecule has 0 aliphatic heterocycles. The van der Waals surface area contributed by atoms with Gasteiger partial charge >= 0.3 is 12.1 Å². The first-order valence-corrected chi connectivity index (χ1v) is 5.82. The fraction of sp³-hybridized carbons (Fsp3) is 0.462. The molecule has 0 aliphatic rings. The molecule has 2 nitrogen and oxygen atoms in total. The molecule has 0 aliphatic carbocycles. The molecule has 0 radical (unpaired) electrons. The fourth-order valence-corrected chi connectivity index (χ4v) is 1.79. The third-order valence-electron chi connectivity index (χ3n) is 2.79. The van der Waals surface area contributed by atoms with Crippen molar-refractivity contribution in [1.82, 2.24) is 0 Å². The Morgan fingerprint density at radius 2 is 1.89 bits per heavy atom. The van der Waals surface area contributed by atoms with Gasteiger partial charge in [0, 0.05) is 6.42 Å². The van der Waals surface area contributed by atoms with Crippen molar-refractivity contribution in [3.8, 4) is 0 Å². The van der Waals surface area contributed by atoms with Crippen LogP contribution in [-0.2, 0) is 11.2 Å². The van der Waals surface area contributed by atoms with Gasteiger partial charge in [0.05, 0.1) is 5.92 Å². The average molecular weight is 278 g/mol. The van der Waals surface area contributed by atoms with Crippen LogP contribution < -0.4 is 0 Å². The molecular weight excluding hydrogens is 264 g/mol. The quantitative estimate of drug-likeness (QED) is 0.803. The SMILES string of the molecule is O=C(O)C(CCCC(F)(F)F)Cc1ccccc1F. The van der Waals surface area contributed by atoms with Crippen LogP contribution in [0, 0.1) is 11.7 Å². The topological polar surface area (TPSA) is 37.3 Å². The number of carboxylic acids is 1. The Labute approximate surface area is 108 Å². The largest absolute Gasteiger partial charge is 0.481 e. The second kappa shape index (κ2) is 6.54. The number of halogens is 4. The molecule has 1 aromatic rings. The predicted molar refractivity (Wildman–Crippen MR) is 61.1 cm³/mol.